The Morgan fingerprint density at radius 1 is 1.14 bits per heavy atom. The number of carbonyl (C=O) groups excluding carboxylic acids is 1. The van der Waals surface area contributed by atoms with E-state index in [-0.39, 0.29) is 23.6 Å². The molecule has 7 nitrogen and oxygen atoms in total. The molecule has 0 saturated carbocycles. The topological polar surface area (TPSA) is 96.9 Å². The first-order valence-corrected chi connectivity index (χ1v) is 12.9. The molecule has 36 heavy (non-hydrogen) atoms. The van der Waals surface area contributed by atoms with Gasteiger partial charge < -0.3 is 25.2 Å². The molecule has 3 aromatic rings. The van der Waals surface area contributed by atoms with Gasteiger partial charge in [-0.05, 0) is 81.5 Å². The number of halogens is 1. The van der Waals surface area contributed by atoms with Crippen molar-refractivity contribution in [3.05, 3.63) is 92.3 Å². The van der Waals surface area contributed by atoms with Crippen molar-refractivity contribution in [2.24, 2.45) is 0 Å². The molecule has 0 bridgehead atoms. The van der Waals surface area contributed by atoms with Crippen molar-refractivity contribution in [1.29, 1.82) is 0 Å². The van der Waals surface area contributed by atoms with Crippen LogP contribution in [0.15, 0.2) is 70.0 Å². The lowest BCUT2D eigenvalue weighted by Gasteiger charge is -2.14. The minimum Gasteiger partial charge on any atom is -0.493 e. The van der Waals surface area contributed by atoms with Crippen LogP contribution in [-0.2, 0) is 17.8 Å². The molecular formula is C27H25BrN2O5S. The number of rotatable bonds is 9. The Labute approximate surface area is 222 Å². The summed E-state index contributed by atoms with van der Waals surface area (Å²) in [7, 11) is 1.55. The highest BCUT2D eigenvalue weighted by molar-refractivity contribution is 9.10. The third kappa shape index (κ3) is 6.22. The molecule has 1 heterocycles. The zero-order valence-corrected chi connectivity index (χ0v) is 22.1. The molecule has 4 rings (SSSR count). The van der Waals surface area contributed by atoms with Crippen molar-refractivity contribution >= 4 is 51.3 Å². The van der Waals surface area contributed by atoms with Crippen LogP contribution in [0.1, 0.15) is 34.0 Å². The van der Waals surface area contributed by atoms with Crippen molar-refractivity contribution in [2.75, 3.05) is 12.4 Å². The zero-order chi connectivity index (χ0) is 25.7. The summed E-state index contributed by atoms with van der Waals surface area (Å²) < 4.78 is 12.2. The zero-order valence-electron chi connectivity index (χ0n) is 19.7. The van der Waals surface area contributed by atoms with Crippen LogP contribution in [0.2, 0.25) is 0 Å². The fraction of sp³-hybridized carbons (Fsp3) is 0.185. The van der Waals surface area contributed by atoms with Gasteiger partial charge in [-0.15, -0.1) is 0 Å². The Morgan fingerprint density at radius 3 is 2.47 bits per heavy atom. The van der Waals surface area contributed by atoms with Crippen molar-refractivity contribution in [3.63, 3.8) is 0 Å². The predicted octanol–water partition coefficient (Wildman–Crippen LogP) is 5.90. The first kappa shape index (κ1) is 25.7. The van der Waals surface area contributed by atoms with Gasteiger partial charge in [-0.25, -0.2) is 4.79 Å². The van der Waals surface area contributed by atoms with Gasteiger partial charge in [0.1, 0.15) is 6.61 Å². The van der Waals surface area contributed by atoms with Gasteiger partial charge in [0, 0.05) is 5.69 Å². The maximum atomic E-state index is 12.6. The average Bonchev–Trinajstić information content (AvgIpc) is 3.21. The second-order valence-corrected chi connectivity index (χ2v) is 10.0. The molecule has 0 radical (unpaired) electrons. The molecule has 1 saturated heterocycles. The number of thioether (sulfide) groups is 1. The number of methoxy groups -OCH3 is 1. The number of carbonyl (C=O) groups is 2. The number of nitrogens with one attached hydrogen (secondary N) is 2. The van der Waals surface area contributed by atoms with Crippen LogP contribution < -0.4 is 20.1 Å². The van der Waals surface area contributed by atoms with E-state index in [4.69, 9.17) is 14.6 Å². The van der Waals surface area contributed by atoms with Crippen molar-refractivity contribution in [2.45, 2.75) is 25.4 Å². The minimum absolute atomic E-state index is 0.150. The predicted molar refractivity (Wildman–Crippen MR) is 145 cm³/mol. The maximum absolute atomic E-state index is 12.6. The molecule has 1 amide bonds. The molecule has 1 aliphatic rings. The Balaban J connectivity index is 1.45. The van der Waals surface area contributed by atoms with Crippen molar-refractivity contribution < 1.29 is 24.2 Å². The van der Waals surface area contributed by atoms with E-state index in [1.54, 1.807) is 25.3 Å². The SMILES string of the molecule is CCc1ccc(N[C@@H]2NC(=O)/C(=C/c3cc(Br)c(OCc4ccc(C(=O)O)cc4)c(OC)c3)S2)cc1. The van der Waals surface area contributed by atoms with E-state index in [0.717, 1.165) is 23.2 Å². The summed E-state index contributed by atoms with van der Waals surface area (Å²) in [5, 5.41) is 15.3. The van der Waals surface area contributed by atoms with Gasteiger partial charge in [0.15, 0.2) is 17.0 Å². The van der Waals surface area contributed by atoms with Gasteiger partial charge in [0.2, 0.25) is 0 Å². The number of aromatic carboxylic acids is 1. The number of carboxylic acid groups (broad SMARTS) is 1. The van der Waals surface area contributed by atoms with Crippen LogP contribution in [0.4, 0.5) is 5.69 Å². The normalized spacial score (nSPS) is 16.0. The molecule has 0 aliphatic carbocycles. The number of ether oxygens (including phenoxy) is 2. The van der Waals surface area contributed by atoms with Gasteiger partial charge >= 0.3 is 5.97 Å². The molecule has 9 heteroatoms. The highest BCUT2D eigenvalue weighted by atomic mass is 79.9. The van der Waals surface area contributed by atoms with E-state index in [9.17, 15) is 9.59 Å². The second-order valence-electron chi connectivity index (χ2n) is 8.00. The van der Waals surface area contributed by atoms with Gasteiger partial charge in [0.05, 0.1) is 22.1 Å². The third-order valence-electron chi connectivity index (χ3n) is 5.52. The van der Waals surface area contributed by atoms with Crippen LogP contribution >= 0.6 is 27.7 Å². The Hall–Kier alpha value is -3.43. The first-order valence-electron chi connectivity index (χ1n) is 11.2. The van der Waals surface area contributed by atoms with Crippen LogP contribution in [0, 0.1) is 0 Å². The quantitative estimate of drug-likeness (QED) is 0.276. The molecule has 186 valence electrons. The molecule has 0 spiro atoms. The number of hydrogen-bond acceptors (Lipinski definition) is 6. The summed E-state index contributed by atoms with van der Waals surface area (Å²) in [4.78, 5) is 24.2. The molecule has 0 aromatic heterocycles. The van der Waals surface area contributed by atoms with E-state index in [2.05, 4.69) is 45.6 Å². The van der Waals surface area contributed by atoms with Gasteiger partial charge in [-0.2, -0.15) is 0 Å². The number of anilines is 1. The lowest BCUT2D eigenvalue weighted by molar-refractivity contribution is -0.116. The molecule has 3 N–H and O–H groups in total. The largest absolute Gasteiger partial charge is 0.493 e. The summed E-state index contributed by atoms with van der Waals surface area (Å²) in [6.45, 7) is 2.35. The second kappa shape index (κ2) is 11.5. The summed E-state index contributed by atoms with van der Waals surface area (Å²) in [6.07, 6.45) is 2.79. The lowest BCUT2D eigenvalue weighted by atomic mass is 10.1. The molecular weight excluding hydrogens is 544 g/mol. The van der Waals surface area contributed by atoms with E-state index >= 15 is 0 Å². The van der Waals surface area contributed by atoms with E-state index in [1.165, 1.54) is 29.5 Å². The lowest BCUT2D eigenvalue weighted by Crippen LogP contribution is -2.30. The van der Waals surface area contributed by atoms with Gasteiger partial charge in [0.25, 0.3) is 5.91 Å². The number of benzene rings is 3. The summed E-state index contributed by atoms with van der Waals surface area (Å²) in [5.74, 6) is -0.102. The van der Waals surface area contributed by atoms with Crippen molar-refractivity contribution in [1.82, 2.24) is 5.32 Å². The van der Waals surface area contributed by atoms with Crippen LogP contribution in [0.5, 0.6) is 11.5 Å². The highest BCUT2D eigenvalue weighted by Crippen LogP contribution is 2.39. The number of carboxylic acids is 1. The van der Waals surface area contributed by atoms with Crippen LogP contribution in [0.3, 0.4) is 0 Å². The van der Waals surface area contributed by atoms with E-state index in [0.29, 0.717) is 20.9 Å². The Kier molecular flexibility index (Phi) is 8.22. The molecule has 1 fully saturated rings. The summed E-state index contributed by atoms with van der Waals surface area (Å²) >= 11 is 4.96. The number of hydrogen-bond donors (Lipinski definition) is 3. The molecule has 1 atom stereocenters. The monoisotopic (exact) mass is 568 g/mol. The fourth-order valence-electron chi connectivity index (χ4n) is 3.57. The van der Waals surface area contributed by atoms with E-state index in [1.807, 2.05) is 24.3 Å². The van der Waals surface area contributed by atoms with Crippen LogP contribution in [-0.4, -0.2) is 29.6 Å². The smallest absolute Gasteiger partial charge is 0.335 e. The summed E-state index contributed by atoms with van der Waals surface area (Å²) in [5.41, 5.74) is 3.75. The fourth-order valence-corrected chi connectivity index (χ4v) is 5.13. The average molecular weight is 569 g/mol. The van der Waals surface area contributed by atoms with E-state index < -0.39 is 5.97 Å². The highest BCUT2D eigenvalue weighted by Gasteiger charge is 2.27. The van der Waals surface area contributed by atoms with Crippen LogP contribution in [0.25, 0.3) is 6.08 Å². The van der Waals surface area contributed by atoms with Gasteiger partial charge in [-0.3, -0.25) is 4.79 Å². The minimum atomic E-state index is -0.974. The first-order chi connectivity index (χ1) is 17.4. The molecule has 1 aliphatic heterocycles. The Bertz CT molecular complexity index is 1290. The number of amides is 1. The third-order valence-corrected chi connectivity index (χ3v) is 7.14. The number of aryl methyl sites for hydroxylation is 1. The summed E-state index contributed by atoms with van der Waals surface area (Å²) in [6, 6.07) is 18.3. The standard InChI is InChI=1S/C27H25BrN2O5S/c1-3-16-6-10-20(11-7-16)29-27-30-25(31)23(36-27)14-18-12-21(28)24(22(13-18)34-2)35-15-17-4-8-19(9-5-17)26(32)33/h4-14,27,29H,3,15H2,1-2H3,(H,30,31)(H,32,33)/b23-14-/t27-/m1/s1. The molecule has 3 aromatic carbocycles. The van der Waals surface area contributed by atoms with Crippen molar-refractivity contribution in [3.8, 4) is 11.5 Å². The maximum Gasteiger partial charge on any atom is 0.335 e. The Morgan fingerprint density at radius 2 is 1.83 bits per heavy atom. The van der Waals surface area contributed by atoms with Gasteiger partial charge in [-0.1, -0.05) is 43.0 Å². The molecule has 0 unspecified atom stereocenters.